The minimum Gasteiger partial charge on any atom is -0.446 e. The second-order valence-corrected chi connectivity index (χ2v) is 7.89. The maximum absolute atomic E-state index is 11.4. The van der Waals surface area contributed by atoms with Gasteiger partial charge in [-0.05, 0) is 43.8 Å². The van der Waals surface area contributed by atoms with Crippen molar-refractivity contribution in [2.24, 2.45) is 0 Å². The Morgan fingerprint density at radius 2 is 2.04 bits per heavy atom. The van der Waals surface area contributed by atoms with Crippen molar-refractivity contribution in [2.45, 2.75) is 35.9 Å². The van der Waals surface area contributed by atoms with Gasteiger partial charge in [0.1, 0.15) is 5.03 Å². The Labute approximate surface area is 157 Å². The van der Waals surface area contributed by atoms with E-state index < -0.39 is 0 Å². The lowest BCUT2D eigenvalue weighted by molar-refractivity contribution is 0.0982. The Morgan fingerprint density at radius 1 is 1.27 bits per heavy atom. The minimum atomic E-state index is -0.0792. The van der Waals surface area contributed by atoms with Crippen LogP contribution in [0.15, 0.2) is 32.9 Å². The minimum absolute atomic E-state index is 0.0792. The molecule has 2 fully saturated rings. The number of likely N-dealkylation sites (N-methyl/N-ethyl adjacent to an activating group) is 1. The van der Waals surface area contributed by atoms with Crippen LogP contribution in [0.3, 0.4) is 0 Å². The monoisotopic (exact) mass is 373 g/mol. The molecule has 26 heavy (non-hydrogen) atoms. The third-order valence-corrected chi connectivity index (χ3v) is 5.41. The van der Waals surface area contributed by atoms with Crippen LogP contribution < -0.4 is 10.2 Å². The number of nitrogens with one attached hydrogen (secondary N) is 1. The topological polar surface area (TPSA) is 74.5 Å². The summed E-state index contributed by atoms with van der Waals surface area (Å²) < 4.78 is 5.55. The van der Waals surface area contributed by atoms with Crippen LogP contribution in [0.5, 0.6) is 0 Å². The van der Waals surface area contributed by atoms with Gasteiger partial charge in [-0.1, -0.05) is 0 Å². The van der Waals surface area contributed by atoms with Crippen molar-refractivity contribution in [3.8, 4) is 0 Å². The number of hydrogen-bond donors (Lipinski definition) is 1. The summed E-state index contributed by atoms with van der Waals surface area (Å²) in [5.74, 6) is 2.06. The number of rotatable bonds is 6. The maximum Gasteiger partial charge on any atom is 0.194 e. The summed E-state index contributed by atoms with van der Waals surface area (Å²) in [6, 6.07) is 3.99. The SMILES string of the molecule is CC(=O)c1ccc(Sc2cnc(N3CCN(C)CC3)c(NC3CC3)n2)o1. The van der Waals surface area contributed by atoms with Crippen LogP contribution in [0.2, 0.25) is 0 Å². The summed E-state index contributed by atoms with van der Waals surface area (Å²) in [4.78, 5) is 25.5. The van der Waals surface area contributed by atoms with E-state index in [1.165, 1.54) is 31.5 Å². The molecule has 0 unspecified atom stereocenters. The van der Waals surface area contributed by atoms with Gasteiger partial charge < -0.3 is 19.5 Å². The lowest BCUT2D eigenvalue weighted by atomic mass is 10.3. The van der Waals surface area contributed by atoms with Crippen LogP contribution in [0.25, 0.3) is 0 Å². The summed E-state index contributed by atoms with van der Waals surface area (Å²) in [7, 11) is 2.14. The number of hydrogen-bond acceptors (Lipinski definition) is 8. The van der Waals surface area contributed by atoms with Crippen molar-refractivity contribution in [3.63, 3.8) is 0 Å². The zero-order chi connectivity index (χ0) is 18.1. The predicted octanol–water partition coefficient (Wildman–Crippen LogP) is 2.75. The van der Waals surface area contributed by atoms with Crippen LogP contribution in [-0.4, -0.2) is 59.9 Å². The van der Waals surface area contributed by atoms with Gasteiger partial charge in [0.25, 0.3) is 0 Å². The van der Waals surface area contributed by atoms with Gasteiger partial charge >= 0.3 is 0 Å². The predicted molar refractivity (Wildman–Crippen MR) is 101 cm³/mol. The molecular formula is C18H23N5O2S. The first kappa shape index (κ1) is 17.4. The van der Waals surface area contributed by atoms with Crippen LogP contribution in [-0.2, 0) is 0 Å². The van der Waals surface area contributed by atoms with Crippen molar-refractivity contribution >= 4 is 29.2 Å². The highest BCUT2D eigenvalue weighted by Gasteiger charge is 2.26. The van der Waals surface area contributed by atoms with Gasteiger partial charge in [-0.3, -0.25) is 4.79 Å². The fourth-order valence-electron chi connectivity index (χ4n) is 2.85. The molecule has 8 heteroatoms. The van der Waals surface area contributed by atoms with Gasteiger partial charge in [-0.25, -0.2) is 9.97 Å². The van der Waals surface area contributed by atoms with E-state index in [4.69, 9.17) is 14.4 Å². The van der Waals surface area contributed by atoms with Gasteiger partial charge in [0.05, 0.1) is 6.20 Å². The molecule has 2 aromatic heterocycles. The van der Waals surface area contributed by atoms with Crippen LogP contribution in [0, 0.1) is 0 Å². The van der Waals surface area contributed by atoms with E-state index in [0.29, 0.717) is 16.9 Å². The Bertz CT molecular complexity index is 797. The zero-order valence-electron chi connectivity index (χ0n) is 15.1. The zero-order valence-corrected chi connectivity index (χ0v) is 15.9. The first-order valence-corrected chi connectivity index (χ1v) is 9.76. The van der Waals surface area contributed by atoms with E-state index >= 15 is 0 Å². The molecule has 0 radical (unpaired) electrons. The number of Topliss-reactive ketones (excluding diaryl/α,β-unsaturated/α-hetero) is 1. The van der Waals surface area contributed by atoms with Gasteiger partial charge in [-0.2, -0.15) is 0 Å². The molecule has 4 rings (SSSR count). The molecule has 0 amide bonds. The highest BCUT2D eigenvalue weighted by Crippen LogP contribution is 2.33. The van der Waals surface area contributed by atoms with E-state index in [-0.39, 0.29) is 5.78 Å². The lowest BCUT2D eigenvalue weighted by Crippen LogP contribution is -2.45. The highest BCUT2D eigenvalue weighted by molar-refractivity contribution is 7.99. The number of furan rings is 1. The van der Waals surface area contributed by atoms with Crippen molar-refractivity contribution < 1.29 is 9.21 Å². The smallest absolute Gasteiger partial charge is 0.194 e. The van der Waals surface area contributed by atoms with Crippen molar-refractivity contribution in [1.82, 2.24) is 14.9 Å². The van der Waals surface area contributed by atoms with Crippen molar-refractivity contribution in [2.75, 3.05) is 43.4 Å². The normalized spacial score (nSPS) is 18.2. The van der Waals surface area contributed by atoms with Gasteiger partial charge in [0.2, 0.25) is 0 Å². The largest absolute Gasteiger partial charge is 0.446 e. The second-order valence-electron chi connectivity index (χ2n) is 6.87. The van der Waals surface area contributed by atoms with E-state index in [1.54, 1.807) is 18.3 Å². The van der Waals surface area contributed by atoms with E-state index in [9.17, 15) is 4.79 Å². The number of anilines is 2. The van der Waals surface area contributed by atoms with E-state index in [1.807, 2.05) is 0 Å². The number of piperazine rings is 1. The number of carbonyl (C=O) groups is 1. The third kappa shape index (κ3) is 4.02. The van der Waals surface area contributed by atoms with Crippen LogP contribution in [0.4, 0.5) is 11.6 Å². The molecule has 0 spiro atoms. The third-order valence-electron chi connectivity index (χ3n) is 4.59. The second kappa shape index (κ2) is 7.28. The highest BCUT2D eigenvalue weighted by atomic mass is 32.2. The fourth-order valence-corrected chi connectivity index (χ4v) is 3.57. The molecule has 1 saturated carbocycles. The average molecular weight is 373 g/mol. The first-order valence-electron chi connectivity index (χ1n) is 8.94. The van der Waals surface area contributed by atoms with E-state index in [0.717, 1.165) is 42.8 Å². The maximum atomic E-state index is 11.4. The Morgan fingerprint density at radius 3 is 2.69 bits per heavy atom. The number of aromatic nitrogens is 2. The van der Waals surface area contributed by atoms with Crippen molar-refractivity contribution in [3.05, 3.63) is 24.1 Å². The van der Waals surface area contributed by atoms with Gasteiger partial charge in [-0.15, -0.1) is 0 Å². The first-order chi connectivity index (χ1) is 12.6. The molecule has 0 bridgehead atoms. The number of nitrogens with zero attached hydrogens (tertiary/aromatic N) is 4. The molecule has 1 aliphatic carbocycles. The van der Waals surface area contributed by atoms with Crippen LogP contribution >= 0.6 is 11.8 Å². The van der Waals surface area contributed by atoms with Crippen LogP contribution in [0.1, 0.15) is 30.3 Å². The summed E-state index contributed by atoms with van der Waals surface area (Å²) >= 11 is 1.38. The lowest BCUT2D eigenvalue weighted by Gasteiger charge is -2.34. The Balaban J connectivity index is 1.55. The molecule has 2 aromatic rings. The summed E-state index contributed by atoms with van der Waals surface area (Å²) in [5.41, 5.74) is 0. The quantitative estimate of drug-likeness (QED) is 0.775. The summed E-state index contributed by atoms with van der Waals surface area (Å²) in [5, 5.41) is 4.92. The Kier molecular flexibility index (Phi) is 4.86. The number of carbonyl (C=O) groups excluding carboxylic acids is 1. The van der Waals surface area contributed by atoms with Gasteiger partial charge in [0, 0.05) is 39.1 Å². The number of ketones is 1. The molecule has 3 heterocycles. The molecule has 0 atom stereocenters. The molecule has 1 N–H and O–H groups in total. The average Bonchev–Trinajstić information content (AvgIpc) is 3.31. The van der Waals surface area contributed by atoms with Crippen molar-refractivity contribution in [1.29, 1.82) is 0 Å². The standard InChI is InChI=1S/C18H23N5O2S/c1-12(24)14-5-6-16(25-14)26-15-11-19-18(17(21-15)20-13-3-4-13)23-9-7-22(2)8-10-23/h5-6,11,13H,3-4,7-10H2,1-2H3,(H,20,21). The summed E-state index contributed by atoms with van der Waals surface area (Å²) in [6.45, 7) is 5.46. The Hall–Kier alpha value is -2.06. The fraction of sp³-hybridized carbons (Fsp3) is 0.500. The molecule has 1 aliphatic heterocycles. The molecule has 7 nitrogen and oxygen atoms in total. The van der Waals surface area contributed by atoms with Gasteiger partial charge in [0.15, 0.2) is 28.3 Å². The molecule has 2 aliphatic rings. The molecule has 1 saturated heterocycles. The van der Waals surface area contributed by atoms with E-state index in [2.05, 4.69) is 22.2 Å². The summed E-state index contributed by atoms with van der Waals surface area (Å²) in [6.07, 6.45) is 4.15. The molecule has 138 valence electrons. The molecular weight excluding hydrogens is 350 g/mol. The molecule has 0 aromatic carbocycles.